The first-order valence-electron chi connectivity index (χ1n) is 8.29. The van der Waals surface area contributed by atoms with Crippen molar-refractivity contribution in [2.45, 2.75) is 97.4 Å². The third kappa shape index (κ3) is 14.7. The van der Waals surface area contributed by atoms with Gasteiger partial charge in [0, 0.05) is 0 Å². The fourth-order valence-corrected chi connectivity index (χ4v) is 7.03. The SMILES string of the molecule is CC(C)(C)C[CH2][Al]([CH2]CC(C)(C)C)[CH2]CC(C)(C)C. The molecule has 0 N–H and O–H groups in total. The summed E-state index contributed by atoms with van der Waals surface area (Å²) in [6.07, 6.45) is 4.29. The molecule has 0 heterocycles. The highest BCUT2D eigenvalue weighted by molar-refractivity contribution is 6.58. The lowest BCUT2D eigenvalue weighted by molar-refractivity contribution is 0.380. The lowest BCUT2D eigenvalue weighted by atomic mass is 9.93. The van der Waals surface area contributed by atoms with Gasteiger partial charge in [-0.3, -0.25) is 0 Å². The van der Waals surface area contributed by atoms with Crippen LogP contribution in [0.5, 0.6) is 0 Å². The van der Waals surface area contributed by atoms with Crippen molar-refractivity contribution in [2.24, 2.45) is 16.2 Å². The van der Waals surface area contributed by atoms with Crippen LogP contribution in [-0.4, -0.2) is 14.1 Å². The van der Waals surface area contributed by atoms with E-state index in [1.165, 1.54) is 19.3 Å². The lowest BCUT2D eigenvalue weighted by Crippen LogP contribution is -2.21. The third-order valence-corrected chi connectivity index (χ3v) is 7.22. The molecule has 0 bridgehead atoms. The normalized spacial score (nSPS) is 13.7. The van der Waals surface area contributed by atoms with Crippen molar-refractivity contribution in [1.29, 1.82) is 0 Å². The van der Waals surface area contributed by atoms with Crippen LogP contribution in [0.1, 0.15) is 81.6 Å². The van der Waals surface area contributed by atoms with Crippen molar-refractivity contribution in [3.8, 4) is 0 Å². The van der Waals surface area contributed by atoms with Gasteiger partial charge in [0.25, 0.3) is 14.1 Å². The van der Waals surface area contributed by atoms with Gasteiger partial charge in [-0.2, -0.15) is 0 Å². The first-order chi connectivity index (χ1) is 8.29. The summed E-state index contributed by atoms with van der Waals surface area (Å²) in [5.41, 5.74) is 1.57. The van der Waals surface area contributed by atoms with Crippen LogP contribution in [0, 0.1) is 16.2 Å². The van der Waals surface area contributed by atoms with Crippen LogP contribution in [0.2, 0.25) is 15.8 Å². The van der Waals surface area contributed by atoms with Crippen LogP contribution in [0.4, 0.5) is 0 Å². The molecule has 0 fully saturated rings. The Morgan fingerprint density at radius 2 is 0.684 bits per heavy atom. The minimum Gasteiger partial charge on any atom is -0.0934 e. The molecule has 0 aliphatic carbocycles. The summed E-state index contributed by atoms with van der Waals surface area (Å²) < 4.78 is 0. The minimum atomic E-state index is -0.533. The molecule has 0 saturated heterocycles. The Hall–Kier alpha value is 0.532. The summed E-state index contributed by atoms with van der Waals surface area (Å²) in [4.78, 5) is 0. The second-order valence-corrected chi connectivity index (χ2v) is 13.6. The number of hydrogen-bond donors (Lipinski definition) is 0. The van der Waals surface area contributed by atoms with E-state index in [-0.39, 0.29) is 0 Å². The van der Waals surface area contributed by atoms with E-state index in [4.69, 9.17) is 0 Å². The molecule has 19 heavy (non-hydrogen) atoms. The fraction of sp³-hybridized carbons (Fsp3) is 1.00. The van der Waals surface area contributed by atoms with Crippen molar-refractivity contribution in [1.82, 2.24) is 0 Å². The van der Waals surface area contributed by atoms with E-state index in [0.29, 0.717) is 16.2 Å². The van der Waals surface area contributed by atoms with Gasteiger partial charge >= 0.3 is 0 Å². The lowest BCUT2D eigenvalue weighted by Gasteiger charge is -2.26. The van der Waals surface area contributed by atoms with E-state index >= 15 is 0 Å². The summed E-state index contributed by atoms with van der Waals surface area (Å²) in [6.45, 7) is 21.6. The van der Waals surface area contributed by atoms with E-state index in [2.05, 4.69) is 62.3 Å². The summed E-state index contributed by atoms with van der Waals surface area (Å²) in [6, 6.07) is 0. The molecule has 0 saturated carbocycles. The number of rotatable bonds is 6. The van der Waals surface area contributed by atoms with Crippen LogP contribution in [0.3, 0.4) is 0 Å². The van der Waals surface area contributed by atoms with Crippen LogP contribution in [0.15, 0.2) is 0 Å². The molecule has 0 aromatic rings. The Morgan fingerprint density at radius 1 is 0.474 bits per heavy atom. The largest absolute Gasteiger partial charge is 0.261 e. The second-order valence-electron chi connectivity index (χ2n) is 10.2. The Bertz CT molecular complexity index is 191. The van der Waals surface area contributed by atoms with Crippen LogP contribution < -0.4 is 0 Å². The monoisotopic (exact) mass is 282 g/mol. The highest BCUT2D eigenvalue weighted by Crippen LogP contribution is 2.31. The molecule has 0 aliphatic rings. The smallest absolute Gasteiger partial charge is 0.0934 e. The van der Waals surface area contributed by atoms with Gasteiger partial charge < -0.3 is 0 Å². The van der Waals surface area contributed by atoms with Crippen LogP contribution >= 0.6 is 0 Å². The van der Waals surface area contributed by atoms with Gasteiger partial charge in [0.2, 0.25) is 0 Å². The average molecular weight is 282 g/mol. The summed E-state index contributed by atoms with van der Waals surface area (Å²) >= 11 is -0.533. The van der Waals surface area contributed by atoms with E-state index in [1.807, 2.05) is 0 Å². The van der Waals surface area contributed by atoms with Gasteiger partial charge in [-0.15, -0.1) is 0 Å². The van der Waals surface area contributed by atoms with Crippen LogP contribution in [0.25, 0.3) is 0 Å². The third-order valence-electron chi connectivity index (χ3n) is 3.91. The zero-order chi connectivity index (χ0) is 15.3. The average Bonchev–Trinajstić information content (AvgIpc) is 2.11. The molecule has 0 radical (unpaired) electrons. The quantitative estimate of drug-likeness (QED) is 0.470. The van der Waals surface area contributed by atoms with Gasteiger partial charge in [-0.05, 0) is 16.2 Å². The van der Waals surface area contributed by atoms with Crippen molar-refractivity contribution in [3.63, 3.8) is 0 Å². The summed E-state index contributed by atoms with van der Waals surface area (Å²) in [7, 11) is 0. The number of hydrogen-bond acceptors (Lipinski definition) is 0. The molecule has 0 unspecified atom stereocenters. The van der Waals surface area contributed by atoms with E-state index in [9.17, 15) is 0 Å². The molecule has 0 rings (SSSR count). The van der Waals surface area contributed by atoms with Crippen molar-refractivity contribution in [2.75, 3.05) is 0 Å². The molecule has 0 aromatic carbocycles. The molecule has 0 spiro atoms. The van der Waals surface area contributed by atoms with Gasteiger partial charge in [0.15, 0.2) is 0 Å². The summed E-state index contributed by atoms with van der Waals surface area (Å²) in [5, 5.41) is 4.65. The van der Waals surface area contributed by atoms with Gasteiger partial charge in [0.1, 0.15) is 0 Å². The van der Waals surface area contributed by atoms with Crippen molar-refractivity contribution >= 4 is 14.1 Å². The Labute approximate surface area is 128 Å². The standard InChI is InChI=1S/3C6H13.Al/c3*1-5-6(2,3)4;/h3*1,5H2,2-4H3;. The molecular weight excluding hydrogens is 243 g/mol. The zero-order valence-electron chi connectivity index (χ0n) is 15.3. The van der Waals surface area contributed by atoms with E-state index in [0.717, 1.165) is 0 Å². The molecule has 0 aliphatic heterocycles. The minimum absolute atomic E-state index is 0.523. The molecule has 114 valence electrons. The Morgan fingerprint density at radius 3 is 0.842 bits per heavy atom. The van der Waals surface area contributed by atoms with Crippen molar-refractivity contribution in [3.05, 3.63) is 0 Å². The zero-order valence-corrected chi connectivity index (χ0v) is 16.5. The Balaban J connectivity index is 4.30. The molecule has 0 nitrogen and oxygen atoms in total. The fourth-order valence-electron chi connectivity index (χ4n) is 2.34. The first-order valence-corrected chi connectivity index (χ1v) is 10.7. The second kappa shape index (κ2) is 7.52. The first kappa shape index (κ1) is 19.5. The van der Waals surface area contributed by atoms with E-state index in [1.54, 1.807) is 15.8 Å². The highest BCUT2D eigenvalue weighted by atomic mass is 27.2. The maximum absolute atomic E-state index is 2.39. The predicted octanol–water partition coefficient (Wildman–Crippen LogP) is 6.79. The van der Waals surface area contributed by atoms with E-state index < -0.39 is 14.1 Å². The maximum atomic E-state index is 2.39. The van der Waals surface area contributed by atoms with Crippen LogP contribution in [-0.2, 0) is 0 Å². The highest BCUT2D eigenvalue weighted by Gasteiger charge is 2.24. The molecule has 1 heteroatoms. The Kier molecular flexibility index (Phi) is 7.73. The molecule has 0 atom stereocenters. The molecule has 0 amide bonds. The van der Waals surface area contributed by atoms with Gasteiger partial charge in [0.05, 0.1) is 0 Å². The predicted molar refractivity (Wildman–Crippen MR) is 92.4 cm³/mol. The van der Waals surface area contributed by atoms with Gasteiger partial charge in [-0.25, -0.2) is 0 Å². The van der Waals surface area contributed by atoms with Crippen molar-refractivity contribution < 1.29 is 0 Å². The molecular formula is C18H39Al. The maximum Gasteiger partial charge on any atom is 0.261 e. The topological polar surface area (TPSA) is 0 Å². The summed E-state index contributed by atoms with van der Waals surface area (Å²) in [5.74, 6) is 0. The molecule has 0 aromatic heterocycles. The van der Waals surface area contributed by atoms with Gasteiger partial charge in [-0.1, -0.05) is 97.4 Å².